The van der Waals surface area contributed by atoms with Gasteiger partial charge in [-0.25, -0.2) is 0 Å². The molecule has 15 heavy (non-hydrogen) atoms. The summed E-state index contributed by atoms with van der Waals surface area (Å²) in [6, 6.07) is 10.6. The average molecular weight is 198 g/mol. The molecule has 0 unspecified atom stereocenters. The second-order valence-electron chi connectivity index (χ2n) is 4.46. The van der Waals surface area contributed by atoms with Crippen molar-refractivity contribution >= 4 is 5.57 Å². The van der Waals surface area contributed by atoms with Crippen LogP contribution in [0.4, 0.5) is 0 Å². The summed E-state index contributed by atoms with van der Waals surface area (Å²) in [4.78, 5) is 0. The van der Waals surface area contributed by atoms with Gasteiger partial charge in [-0.05, 0) is 29.4 Å². The second-order valence-corrected chi connectivity index (χ2v) is 4.46. The molecule has 0 heteroatoms. The van der Waals surface area contributed by atoms with Gasteiger partial charge in [0.05, 0.1) is 0 Å². The fourth-order valence-electron chi connectivity index (χ4n) is 1.89. The summed E-state index contributed by atoms with van der Waals surface area (Å²) in [7, 11) is 0. The third-order valence-corrected chi connectivity index (χ3v) is 3.29. The lowest BCUT2D eigenvalue weighted by molar-refractivity contribution is 0.468. The molecule has 0 fully saturated rings. The van der Waals surface area contributed by atoms with Crippen LogP contribution in [0.1, 0.15) is 25.8 Å². The molecule has 0 radical (unpaired) electrons. The topological polar surface area (TPSA) is 0 Å². The van der Waals surface area contributed by atoms with Crippen molar-refractivity contribution in [2.75, 3.05) is 0 Å². The highest BCUT2D eigenvalue weighted by molar-refractivity contribution is 5.74. The van der Waals surface area contributed by atoms with Crippen LogP contribution in [0.5, 0.6) is 0 Å². The zero-order valence-corrected chi connectivity index (χ0v) is 9.48. The molecule has 2 atom stereocenters. The number of benzene rings is 1. The molecule has 0 spiro atoms. The van der Waals surface area contributed by atoms with Gasteiger partial charge in [0.15, 0.2) is 0 Å². The molecule has 1 aromatic rings. The second kappa shape index (κ2) is 4.48. The smallest absolute Gasteiger partial charge is 0.0187 e. The van der Waals surface area contributed by atoms with Crippen molar-refractivity contribution in [3.05, 3.63) is 54.1 Å². The fraction of sp³-hybridized carbons (Fsp3) is 0.333. The molecule has 1 aliphatic carbocycles. The standard InChI is InChI=1S/C15H18/c1-12-8-10-15(11-9-13(12)2)14-6-4-3-5-7-14/h3-8,10-13H,9H2,1-2H3/t12-,13-/m0/s1. The van der Waals surface area contributed by atoms with E-state index in [9.17, 15) is 0 Å². The van der Waals surface area contributed by atoms with E-state index in [1.54, 1.807) is 0 Å². The van der Waals surface area contributed by atoms with Gasteiger partial charge in [0.1, 0.15) is 0 Å². The van der Waals surface area contributed by atoms with Crippen LogP contribution in [-0.4, -0.2) is 0 Å². The molecule has 0 saturated heterocycles. The average Bonchev–Trinajstić information content (AvgIpc) is 2.44. The van der Waals surface area contributed by atoms with E-state index in [-0.39, 0.29) is 0 Å². The highest BCUT2D eigenvalue weighted by Crippen LogP contribution is 2.26. The SMILES string of the molecule is C[C@H]1C=CC(c2ccccc2)=CC[C@@H]1C. The van der Waals surface area contributed by atoms with E-state index < -0.39 is 0 Å². The Bertz CT molecular complexity index is 370. The van der Waals surface area contributed by atoms with E-state index in [0.717, 1.165) is 5.92 Å². The van der Waals surface area contributed by atoms with Gasteiger partial charge in [0, 0.05) is 0 Å². The first kappa shape index (κ1) is 10.2. The van der Waals surface area contributed by atoms with Gasteiger partial charge < -0.3 is 0 Å². The van der Waals surface area contributed by atoms with E-state index in [1.807, 2.05) is 0 Å². The molecular formula is C15H18. The van der Waals surface area contributed by atoms with Crippen LogP contribution >= 0.6 is 0 Å². The Hall–Kier alpha value is -1.30. The van der Waals surface area contributed by atoms with E-state index in [2.05, 4.69) is 62.4 Å². The number of rotatable bonds is 1. The van der Waals surface area contributed by atoms with E-state index in [0.29, 0.717) is 5.92 Å². The van der Waals surface area contributed by atoms with Crippen LogP contribution < -0.4 is 0 Å². The van der Waals surface area contributed by atoms with E-state index >= 15 is 0 Å². The Morgan fingerprint density at radius 2 is 1.80 bits per heavy atom. The third kappa shape index (κ3) is 2.38. The highest BCUT2D eigenvalue weighted by Gasteiger charge is 2.11. The molecule has 0 N–H and O–H groups in total. The molecule has 0 nitrogen and oxygen atoms in total. The molecule has 78 valence electrons. The number of hydrogen-bond acceptors (Lipinski definition) is 0. The maximum atomic E-state index is 2.36. The first-order chi connectivity index (χ1) is 7.27. The van der Waals surface area contributed by atoms with Gasteiger partial charge in [-0.2, -0.15) is 0 Å². The molecule has 0 amide bonds. The van der Waals surface area contributed by atoms with Crippen molar-refractivity contribution in [1.29, 1.82) is 0 Å². The minimum atomic E-state index is 0.683. The summed E-state index contributed by atoms with van der Waals surface area (Å²) in [5.41, 5.74) is 2.70. The minimum Gasteiger partial charge on any atom is -0.0808 e. The molecule has 0 aliphatic heterocycles. The summed E-state index contributed by atoms with van der Waals surface area (Å²) < 4.78 is 0. The molecule has 0 heterocycles. The summed E-state index contributed by atoms with van der Waals surface area (Å²) in [6.07, 6.45) is 8.14. The Kier molecular flexibility index (Phi) is 3.05. The van der Waals surface area contributed by atoms with Gasteiger partial charge >= 0.3 is 0 Å². The summed E-state index contributed by atoms with van der Waals surface area (Å²) in [6.45, 7) is 4.61. The molecule has 0 saturated carbocycles. The fourth-order valence-corrected chi connectivity index (χ4v) is 1.89. The van der Waals surface area contributed by atoms with Crippen LogP contribution in [0.3, 0.4) is 0 Å². The molecule has 2 rings (SSSR count). The maximum Gasteiger partial charge on any atom is -0.0187 e. The van der Waals surface area contributed by atoms with Crippen molar-refractivity contribution in [2.24, 2.45) is 11.8 Å². The van der Waals surface area contributed by atoms with Crippen molar-refractivity contribution in [1.82, 2.24) is 0 Å². The van der Waals surface area contributed by atoms with Gasteiger partial charge in [0.25, 0.3) is 0 Å². The Morgan fingerprint density at radius 3 is 2.53 bits per heavy atom. The van der Waals surface area contributed by atoms with Gasteiger partial charge in [-0.15, -0.1) is 0 Å². The van der Waals surface area contributed by atoms with Crippen molar-refractivity contribution in [3.8, 4) is 0 Å². The minimum absolute atomic E-state index is 0.683. The normalized spacial score (nSPS) is 25.9. The first-order valence-corrected chi connectivity index (χ1v) is 5.71. The van der Waals surface area contributed by atoms with Crippen LogP contribution in [0.2, 0.25) is 0 Å². The summed E-state index contributed by atoms with van der Waals surface area (Å²) >= 11 is 0. The lowest BCUT2D eigenvalue weighted by Gasteiger charge is -2.11. The molecule has 0 bridgehead atoms. The quantitative estimate of drug-likeness (QED) is 0.631. The number of allylic oxidation sites excluding steroid dienone is 4. The molecule has 1 aromatic carbocycles. The van der Waals surface area contributed by atoms with E-state index in [1.165, 1.54) is 17.6 Å². The zero-order valence-electron chi connectivity index (χ0n) is 9.48. The van der Waals surface area contributed by atoms with Crippen molar-refractivity contribution in [2.45, 2.75) is 20.3 Å². The monoisotopic (exact) mass is 198 g/mol. The molecule has 1 aliphatic rings. The zero-order chi connectivity index (χ0) is 10.7. The van der Waals surface area contributed by atoms with Crippen LogP contribution in [0, 0.1) is 11.8 Å². The van der Waals surface area contributed by atoms with Gasteiger partial charge in [-0.1, -0.05) is 62.4 Å². The van der Waals surface area contributed by atoms with Gasteiger partial charge in [0.2, 0.25) is 0 Å². The Labute approximate surface area is 92.3 Å². The predicted molar refractivity (Wildman–Crippen MR) is 66.5 cm³/mol. The maximum absolute atomic E-state index is 2.36. The number of hydrogen-bond donors (Lipinski definition) is 0. The van der Waals surface area contributed by atoms with E-state index in [4.69, 9.17) is 0 Å². The molecular weight excluding hydrogens is 180 g/mol. The Balaban J connectivity index is 2.27. The summed E-state index contributed by atoms with van der Waals surface area (Å²) in [5.74, 6) is 1.44. The predicted octanol–water partition coefficient (Wildman–Crippen LogP) is 4.30. The largest absolute Gasteiger partial charge is 0.0808 e. The third-order valence-electron chi connectivity index (χ3n) is 3.29. The lowest BCUT2D eigenvalue weighted by atomic mass is 9.94. The Morgan fingerprint density at radius 1 is 1.07 bits per heavy atom. The van der Waals surface area contributed by atoms with Crippen LogP contribution in [-0.2, 0) is 0 Å². The first-order valence-electron chi connectivity index (χ1n) is 5.71. The van der Waals surface area contributed by atoms with Crippen molar-refractivity contribution in [3.63, 3.8) is 0 Å². The van der Waals surface area contributed by atoms with Gasteiger partial charge in [-0.3, -0.25) is 0 Å². The highest BCUT2D eigenvalue weighted by atomic mass is 14.2. The summed E-state index contributed by atoms with van der Waals surface area (Å²) in [5, 5.41) is 0. The van der Waals surface area contributed by atoms with Crippen molar-refractivity contribution < 1.29 is 0 Å². The van der Waals surface area contributed by atoms with Crippen LogP contribution in [0.25, 0.3) is 5.57 Å². The molecule has 0 aromatic heterocycles. The van der Waals surface area contributed by atoms with Crippen LogP contribution in [0.15, 0.2) is 48.6 Å². The lowest BCUT2D eigenvalue weighted by Crippen LogP contribution is -2.01.